The Hall–Kier alpha value is -2.08. The zero-order chi connectivity index (χ0) is 16.5. The zero-order valence-electron chi connectivity index (χ0n) is 14.4. The average Bonchev–Trinajstić information content (AvgIpc) is 3.00. The van der Waals surface area contributed by atoms with Crippen LogP contribution < -0.4 is 20.5 Å². The molecule has 1 aliphatic carbocycles. The highest BCUT2D eigenvalue weighted by atomic mass is 16.4. The minimum atomic E-state index is 0.523. The molecular formula is C18H27N5O+2. The van der Waals surface area contributed by atoms with Gasteiger partial charge in [-0.15, -0.1) is 0 Å². The molecular weight excluding hydrogens is 302 g/mol. The average molecular weight is 329 g/mol. The highest BCUT2D eigenvalue weighted by molar-refractivity contribution is 5.88. The molecule has 0 bridgehead atoms. The van der Waals surface area contributed by atoms with E-state index in [4.69, 9.17) is 4.42 Å². The molecule has 0 radical (unpaired) electrons. The number of hydrogen-bond acceptors (Lipinski definition) is 4. The quantitative estimate of drug-likeness (QED) is 0.621. The van der Waals surface area contributed by atoms with E-state index >= 15 is 0 Å². The number of hydrogen-bond donors (Lipinski definition) is 4. The number of rotatable bonds is 2. The molecule has 0 spiro atoms. The van der Waals surface area contributed by atoms with Crippen molar-refractivity contribution in [2.75, 3.05) is 18.7 Å². The summed E-state index contributed by atoms with van der Waals surface area (Å²) in [5, 5.41) is 6.67. The molecule has 6 nitrogen and oxygen atoms in total. The maximum Gasteiger partial charge on any atom is 0.365 e. The van der Waals surface area contributed by atoms with Crippen LogP contribution in [0.15, 0.2) is 28.7 Å². The number of para-hydroxylation sites is 2. The van der Waals surface area contributed by atoms with E-state index in [1.165, 1.54) is 19.3 Å². The van der Waals surface area contributed by atoms with Gasteiger partial charge in [0.05, 0.1) is 6.04 Å². The van der Waals surface area contributed by atoms with Gasteiger partial charge in [-0.3, -0.25) is 4.90 Å². The second-order valence-electron chi connectivity index (χ2n) is 7.23. The number of quaternary nitrogens is 1. The van der Waals surface area contributed by atoms with E-state index < -0.39 is 0 Å². The number of oxazole rings is 1. The molecule has 4 N–H and O–H groups in total. The molecule has 24 heavy (non-hydrogen) atoms. The van der Waals surface area contributed by atoms with Crippen LogP contribution >= 0.6 is 0 Å². The van der Waals surface area contributed by atoms with Gasteiger partial charge in [0.25, 0.3) is 0 Å². The SMILES string of the molecule is C[C@@H]1[C@H](C)CCC[C@H]1[NH+]1CNC(Nc2nc3ccccc3o2)=[NH+]C1. The Bertz CT molecular complexity index is 707. The van der Waals surface area contributed by atoms with Crippen LogP contribution in [0.2, 0.25) is 0 Å². The summed E-state index contributed by atoms with van der Waals surface area (Å²) in [5.74, 6) is 2.49. The van der Waals surface area contributed by atoms with Crippen LogP contribution in [0.25, 0.3) is 11.1 Å². The van der Waals surface area contributed by atoms with E-state index in [1.54, 1.807) is 4.90 Å². The highest BCUT2D eigenvalue weighted by Crippen LogP contribution is 2.27. The topological polar surface area (TPSA) is 68.5 Å². The minimum absolute atomic E-state index is 0.523. The molecule has 2 aromatic rings. The van der Waals surface area contributed by atoms with Crippen LogP contribution in [0, 0.1) is 11.8 Å². The molecule has 1 aliphatic heterocycles. The molecule has 1 unspecified atom stereocenters. The molecule has 1 aromatic carbocycles. The van der Waals surface area contributed by atoms with Crippen molar-refractivity contribution in [3.8, 4) is 0 Å². The summed E-state index contributed by atoms with van der Waals surface area (Å²) in [6, 6.07) is 9.06. The normalized spacial score (nSPS) is 30.7. The molecule has 0 amide bonds. The molecule has 1 aromatic heterocycles. The summed E-state index contributed by atoms with van der Waals surface area (Å²) >= 11 is 0. The number of anilines is 1. The standard InChI is InChI=1S/C18H25N5O/c1-12-6-5-8-15(13(12)2)23-10-19-17(20-11-23)22-18-21-14-7-3-4-9-16(14)24-18/h3-4,7,9,12-13,15H,5-6,8,10-11H2,1-2H3,(H2,19,20,21,22)/p+2/t12-,13-,15-/m1/s1. The molecule has 4 rings (SSSR count). The van der Waals surface area contributed by atoms with Crippen molar-refractivity contribution in [2.45, 2.75) is 39.2 Å². The Morgan fingerprint density at radius 3 is 2.96 bits per heavy atom. The van der Waals surface area contributed by atoms with E-state index in [9.17, 15) is 0 Å². The lowest BCUT2D eigenvalue weighted by Crippen LogP contribution is -3.27. The third-order valence-electron chi connectivity index (χ3n) is 5.74. The molecule has 1 fully saturated rings. The number of nitrogens with one attached hydrogen (secondary N) is 4. The number of fused-ring (bicyclic) bond motifs is 1. The van der Waals surface area contributed by atoms with Gasteiger partial charge >= 0.3 is 12.0 Å². The fourth-order valence-electron chi connectivity index (χ4n) is 4.07. The first-order valence-electron chi connectivity index (χ1n) is 9.02. The molecule has 128 valence electrons. The fraction of sp³-hybridized carbons (Fsp3) is 0.556. The van der Waals surface area contributed by atoms with E-state index in [0.717, 1.165) is 48.3 Å². The highest BCUT2D eigenvalue weighted by Gasteiger charge is 2.36. The van der Waals surface area contributed by atoms with Crippen molar-refractivity contribution < 1.29 is 14.3 Å². The molecule has 2 heterocycles. The summed E-state index contributed by atoms with van der Waals surface area (Å²) in [6.45, 7) is 6.67. The van der Waals surface area contributed by atoms with Crippen molar-refractivity contribution in [3.05, 3.63) is 24.3 Å². The minimum Gasteiger partial charge on any atom is -0.412 e. The Balaban J connectivity index is 1.41. The number of nitrogens with zero attached hydrogens (tertiary/aromatic N) is 1. The van der Waals surface area contributed by atoms with E-state index in [0.29, 0.717) is 6.01 Å². The van der Waals surface area contributed by atoms with Crippen LogP contribution in [-0.2, 0) is 0 Å². The van der Waals surface area contributed by atoms with Gasteiger partial charge in [0.15, 0.2) is 18.9 Å². The van der Waals surface area contributed by atoms with Crippen molar-refractivity contribution in [2.24, 2.45) is 11.8 Å². The number of guanidine groups is 1. The molecule has 0 saturated heterocycles. The van der Waals surface area contributed by atoms with Gasteiger partial charge in [0.2, 0.25) is 0 Å². The van der Waals surface area contributed by atoms with Gasteiger partial charge < -0.3 is 4.42 Å². The van der Waals surface area contributed by atoms with E-state index in [-0.39, 0.29) is 0 Å². The maximum atomic E-state index is 5.72. The lowest BCUT2D eigenvalue weighted by molar-refractivity contribution is -1.00. The predicted molar refractivity (Wildman–Crippen MR) is 93.4 cm³/mol. The van der Waals surface area contributed by atoms with Gasteiger partial charge in [-0.25, -0.2) is 10.3 Å². The monoisotopic (exact) mass is 329 g/mol. The van der Waals surface area contributed by atoms with E-state index in [2.05, 4.69) is 34.5 Å². The van der Waals surface area contributed by atoms with Gasteiger partial charge in [0, 0.05) is 5.92 Å². The summed E-state index contributed by atoms with van der Waals surface area (Å²) in [5.41, 5.74) is 1.67. The second-order valence-corrected chi connectivity index (χ2v) is 7.23. The maximum absolute atomic E-state index is 5.72. The van der Waals surface area contributed by atoms with Crippen molar-refractivity contribution in [1.82, 2.24) is 10.3 Å². The van der Waals surface area contributed by atoms with Gasteiger partial charge in [-0.05, 0) is 37.3 Å². The predicted octanol–water partition coefficient (Wildman–Crippen LogP) is -0.0959. The fourth-order valence-corrected chi connectivity index (χ4v) is 4.07. The summed E-state index contributed by atoms with van der Waals surface area (Å²) < 4.78 is 5.72. The summed E-state index contributed by atoms with van der Waals surface area (Å²) in [4.78, 5) is 9.50. The summed E-state index contributed by atoms with van der Waals surface area (Å²) in [6.07, 6.45) is 4.07. The van der Waals surface area contributed by atoms with Crippen LogP contribution in [0.5, 0.6) is 0 Å². The smallest absolute Gasteiger partial charge is 0.365 e. The second kappa shape index (κ2) is 6.43. The molecule has 6 heteroatoms. The number of aromatic nitrogens is 1. The van der Waals surface area contributed by atoms with E-state index in [1.807, 2.05) is 24.3 Å². The Morgan fingerprint density at radius 1 is 1.29 bits per heavy atom. The summed E-state index contributed by atoms with van der Waals surface area (Å²) in [7, 11) is 0. The molecule has 2 aliphatic rings. The van der Waals surface area contributed by atoms with Crippen LogP contribution in [0.4, 0.5) is 6.01 Å². The molecule has 4 atom stereocenters. The van der Waals surface area contributed by atoms with Crippen LogP contribution in [0.1, 0.15) is 33.1 Å². The first kappa shape index (κ1) is 15.4. The zero-order valence-corrected chi connectivity index (χ0v) is 14.4. The van der Waals surface area contributed by atoms with Crippen molar-refractivity contribution >= 4 is 23.1 Å². The molecule has 1 saturated carbocycles. The Morgan fingerprint density at radius 2 is 2.17 bits per heavy atom. The van der Waals surface area contributed by atoms with Gasteiger partial charge in [-0.2, -0.15) is 10.3 Å². The van der Waals surface area contributed by atoms with Gasteiger partial charge in [0.1, 0.15) is 5.52 Å². The first-order valence-corrected chi connectivity index (χ1v) is 9.02. The third kappa shape index (κ3) is 2.98. The Kier molecular flexibility index (Phi) is 4.14. The Labute approximate surface area is 142 Å². The number of benzene rings is 1. The van der Waals surface area contributed by atoms with Crippen molar-refractivity contribution in [3.63, 3.8) is 0 Å². The first-order chi connectivity index (χ1) is 11.7. The van der Waals surface area contributed by atoms with Crippen molar-refractivity contribution in [1.29, 1.82) is 0 Å². The lowest BCUT2D eigenvalue weighted by atomic mass is 9.77. The third-order valence-corrected chi connectivity index (χ3v) is 5.74. The van der Waals surface area contributed by atoms with Gasteiger partial charge in [-0.1, -0.05) is 26.0 Å². The lowest BCUT2D eigenvalue weighted by Gasteiger charge is -2.38. The van der Waals surface area contributed by atoms with Crippen LogP contribution in [-0.4, -0.2) is 30.3 Å². The largest absolute Gasteiger partial charge is 0.412 e. The van der Waals surface area contributed by atoms with Crippen LogP contribution in [0.3, 0.4) is 0 Å².